The summed E-state index contributed by atoms with van der Waals surface area (Å²) in [6.45, 7) is 1.25. The zero-order valence-corrected chi connectivity index (χ0v) is 13.0. The predicted octanol–water partition coefficient (Wildman–Crippen LogP) is 0.792. The Hall–Kier alpha value is -0.470. The molecule has 20 heavy (non-hydrogen) atoms. The zero-order valence-electron chi connectivity index (χ0n) is 11.3. The van der Waals surface area contributed by atoms with Crippen LogP contribution in [0.1, 0.15) is 17.7 Å². The van der Waals surface area contributed by atoms with E-state index >= 15 is 0 Å². The number of aliphatic hydroxyl groups excluding tert-OH is 1. The van der Waals surface area contributed by atoms with E-state index in [1.165, 1.54) is 0 Å². The molecule has 1 aromatic rings. The van der Waals surface area contributed by atoms with Gasteiger partial charge >= 0.3 is 0 Å². The first-order chi connectivity index (χ1) is 9.55. The van der Waals surface area contributed by atoms with E-state index in [1.807, 2.05) is 17.5 Å². The lowest BCUT2D eigenvalue weighted by molar-refractivity contribution is 0.0284. The van der Waals surface area contributed by atoms with Crippen LogP contribution in [-0.2, 0) is 21.2 Å². The quantitative estimate of drug-likeness (QED) is 0.777. The van der Waals surface area contributed by atoms with Gasteiger partial charge in [-0.1, -0.05) is 6.07 Å². The number of thiophene rings is 1. The standard InChI is InChI=1S/C13H21NO4S2/c15-12(9-18-10-13-2-1-5-19-13)8-14-11-3-6-20(16,17)7-4-11/h1-2,5,11-12,14-15H,3-4,6-10H2. The Balaban J connectivity index is 1.57. The molecule has 114 valence electrons. The Bertz CT molecular complexity index is 472. The molecular formula is C13H21NO4S2. The van der Waals surface area contributed by atoms with Gasteiger partial charge in [-0.25, -0.2) is 8.42 Å². The fourth-order valence-electron chi connectivity index (χ4n) is 2.15. The number of nitrogens with one attached hydrogen (secondary N) is 1. The molecule has 7 heteroatoms. The second kappa shape index (κ2) is 7.51. The van der Waals surface area contributed by atoms with Crippen molar-refractivity contribution in [3.8, 4) is 0 Å². The molecule has 0 bridgehead atoms. The van der Waals surface area contributed by atoms with Crippen LogP contribution in [0, 0.1) is 0 Å². The van der Waals surface area contributed by atoms with Crippen molar-refractivity contribution >= 4 is 21.2 Å². The van der Waals surface area contributed by atoms with Crippen molar-refractivity contribution in [1.82, 2.24) is 5.32 Å². The largest absolute Gasteiger partial charge is 0.389 e. The first kappa shape index (κ1) is 15.9. The van der Waals surface area contributed by atoms with E-state index in [0.717, 1.165) is 4.88 Å². The van der Waals surface area contributed by atoms with Gasteiger partial charge in [-0.2, -0.15) is 0 Å². The highest BCUT2D eigenvalue weighted by Crippen LogP contribution is 2.12. The first-order valence-electron chi connectivity index (χ1n) is 6.77. The molecule has 2 rings (SSSR count). The summed E-state index contributed by atoms with van der Waals surface area (Å²) in [5.41, 5.74) is 0. The molecule has 2 heterocycles. The molecule has 1 aromatic heterocycles. The van der Waals surface area contributed by atoms with E-state index in [0.29, 0.717) is 26.0 Å². The summed E-state index contributed by atoms with van der Waals surface area (Å²) in [7, 11) is -2.82. The summed E-state index contributed by atoms with van der Waals surface area (Å²) in [4.78, 5) is 1.14. The van der Waals surface area contributed by atoms with Crippen molar-refractivity contribution in [2.75, 3.05) is 24.7 Å². The van der Waals surface area contributed by atoms with Crippen LogP contribution in [0.3, 0.4) is 0 Å². The molecule has 5 nitrogen and oxygen atoms in total. The van der Waals surface area contributed by atoms with E-state index in [4.69, 9.17) is 4.74 Å². The van der Waals surface area contributed by atoms with Crippen molar-refractivity contribution in [2.45, 2.75) is 31.6 Å². The summed E-state index contributed by atoms with van der Waals surface area (Å²) in [6, 6.07) is 4.15. The Morgan fingerprint density at radius 3 is 2.85 bits per heavy atom. The first-order valence-corrected chi connectivity index (χ1v) is 9.47. The number of hydrogen-bond acceptors (Lipinski definition) is 6. The van der Waals surface area contributed by atoms with Crippen LogP contribution < -0.4 is 5.32 Å². The Morgan fingerprint density at radius 1 is 1.45 bits per heavy atom. The van der Waals surface area contributed by atoms with E-state index < -0.39 is 15.9 Å². The fourth-order valence-corrected chi connectivity index (χ4v) is 4.28. The molecule has 1 saturated heterocycles. The van der Waals surface area contributed by atoms with Gasteiger partial charge in [0.2, 0.25) is 0 Å². The van der Waals surface area contributed by atoms with Crippen molar-refractivity contribution in [3.63, 3.8) is 0 Å². The molecule has 0 spiro atoms. The Kier molecular flexibility index (Phi) is 5.98. The van der Waals surface area contributed by atoms with Gasteiger partial charge in [0, 0.05) is 17.5 Å². The van der Waals surface area contributed by atoms with Crippen molar-refractivity contribution in [1.29, 1.82) is 0 Å². The van der Waals surface area contributed by atoms with Gasteiger partial charge in [0.1, 0.15) is 9.84 Å². The fraction of sp³-hybridized carbons (Fsp3) is 0.692. The Labute approximate surface area is 123 Å². The smallest absolute Gasteiger partial charge is 0.150 e. The van der Waals surface area contributed by atoms with E-state index in [2.05, 4.69) is 5.32 Å². The molecular weight excluding hydrogens is 298 g/mol. The summed E-state index contributed by atoms with van der Waals surface area (Å²) in [6.07, 6.45) is 0.699. The average Bonchev–Trinajstić information content (AvgIpc) is 2.91. The second-order valence-electron chi connectivity index (χ2n) is 5.08. The van der Waals surface area contributed by atoms with Gasteiger partial charge in [0.25, 0.3) is 0 Å². The summed E-state index contributed by atoms with van der Waals surface area (Å²) in [5, 5.41) is 15.0. The molecule has 0 aliphatic carbocycles. The number of aliphatic hydroxyl groups is 1. The highest BCUT2D eigenvalue weighted by atomic mass is 32.2. The normalized spacial score (nSPS) is 20.9. The zero-order chi connectivity index (χ0) is 14.4. The lowest BCUT2D eigenvalue weighted by atomic mass is 10.1. The number of hydrogen-bond donors (Lipinski definition) is 2. The SMILES string of the molecule is O=S1(=O)CCC(NCC(O)COCc2cccs2)CC1. The maximum Gasteiger partial charge on any atom is 0.150 e. The van der Waals surface area contributed by atoms with E-state index in [9.17, 15) is 13.5 Å². The van der Waals surface area contributed by atoms with Crippen LogP contribution >= 0.6 is 11.3 Å². The molecule has 1 fully saturated rings. The molecule has 1 atom stereocenters. The molecule has 0 radical (unpaired) electrons. The molecule has 1 aliphatic rings. The van der Waals surface area contributed by atoms with Gasteiger partial charge in [-0.15, -0.1) is 11.3 Å². The third-order valence-electron chi connectivity index (χ3n) is 3.33. The Morgan fingerprint density at radius 2 is 2.20 bits per heavy atom. The van der Waals surface area contributed by atoms with Crippen LogP contribution in [0.25, 0.3) is 0 Å². The topological polar surface area (TPSA) is 75.6 Å². The summed E-state index contributed by atoms with van der Waals surface area (Å²) < 4.78 is 28.0. The minimum absolute atomic E-state index is 0.186. The average molecular weight is 319 g/mol. The molecule has 0 aromatic carbocycles. The number of rotatable bonds is 7. The highest BCUT2D eigenvalue weighted by Gasteiger charge is 2.23. The van der Waals surface area contributed by atoms with Crippen LogP contribution in [0.15, 0.2) is 17.5 Å². The number of ether oxygens (including phenoxy) is 1. The van der Waals surface area contributed by atoms with Crippen molar-refractivity contribution in [2.24, 2.45) is 0 Å². The van der Waals surface area contributed by atoms with Crippen molar-refractivity contribution < 1.29 is 18.3 Å². The van der Waals surface area contributed by atoms with Gasteiger partial charge in [0.15, 0.2) is 0 Å². The minimum Gasteiger partial charge on any atom is -0.389 e. The molecule has 0 amide bonds. The van der Waals surface area contributed by atoms with Gasteiger partial charge < -0.3 is 15.2 Å². The van der Waals surface area contributed by atoms with Gasteiger partial charge in [-0.3, -0.25) is 0 Å². The monoisotopic (exact) mass is 319 g/mol. The third-order valence-corrected chi connectivity index (χ3v) is 5.90. The second-order valence-corrected chi connectivity index (χ2v) is 8.42. The van der Waals surface area contributed by atoms with Gasteiger partial charge in [-0.05, 0) is 24.3 Å². The third kappa shape index (κ3) is 5.49. The molecule has 0 saturated carbocycles. The predicted molar refractivity (Wildman–Crippen MR) is 79.7 cm³/mol. The van der Waals surface area contributed by atoms with Crippen LogP contribution in [0.5, 0.6) is 0 Å². The van der Waals surface area contributed by atoms with Crippen LogP contribution in [0.4, 0.5) is 0 Å². The lowest BCUT2D eigenvalue weighted by Crippen LogP contribution is -2.42. The molecule has 2 N–H and O–H groups in total. The summed E-state index contributed by atoms with van der Waals surface area (Å²) in [5.74, 6) is 0.491. The van der Waals surface area contributed by atoms with Crippen LogP contribution in [-0.4, -0.2) is 50.3 Å². The maximum absolute atomic E-state index is 11.3. The van der Waals surface area contributed by atoms with Crippen LogP contribution in [0.2, 0.25) is 0 Å². The van der Waals surface area contributed by atoms with Crippen molar-refractivity contribution in [3.05, 3.63) is 22.4 Å². The maximum atomic E-state index is 11.3. The molecule has 1 unspecified atom stereocenters. The summed E-state index contributed by atoms with van der Waals surface area (Å²) >= 11 is 1.63. The highest BCUT2D eigenvalue weighted by molar-refractivity contribution is 7.91. The van der Waals surface area contributed by atoms with Gasteiger partial charge in [0.05, 0.1) is 30.8 Å². The lowest BCUT2D eigenvalue weighted by Gasteiger charge is -2.24. The van der Waals surface area contributed by atoms with E-state index in [1.54, 1.807) is 11.3 Å². The van der Waals surface area contributed by atoms with E-state index in [-0.39, 0.29) is 24.2 Å². The molecule has 1 aliphatic heterocycles. The number of sulfone groups is 1. The minimum atomic E-state index is -2.82.